The van der Waals surface area contributed by atoms with Gasteiger partial charge in [-0.25, -0.2) is 14.5 Å². The molecule has 200 valence electrons. The second-order valence-corrected chi connectivity index (χ2v) is 10.6. The number of imidazole rings is 1. The number of rotatable bonds is 10. The Balaban J connectivity index is 1.48. The van der Waals surface area contributed by atoms with E-state index in [0.29, 0.717) is 38.1 Å². The topological polar surface area (TPSA) is 121 Å². The molecular formula is C25H35B3N10O. The average molecular weight is 524 g/mol. The summed E-state index contributed by atoms with van der Waals surface area (Å²) in [7, 11) is 21.7. The molecular weight excluding hydrogens is 489 g/mol. The van der Waals surface area contributed by atoms with E-state index in [4.69, 9.17) is 34.3 Å². The van der Waals surface area contributed by atoms with Crippen LogP contribution in [0.1, 0.15) is 36.6 Å². The fourth-order valence-electron chi connectivity index (χ4n) is 4.82. The lowest BCUT2D eigenvalue weighted by molar-refractivity contribution is -0.132. The number of anilines is 3. The number of carbonyl (C=O) groups excluding carboxylic acids is 1. The van der Waals surface area contributed by atoms with Crippen molar-refractivity contribution in [2.45, 2.75) is 44.3 Å². The number of amides is 1. The molecule has 1 unspecified atom stereocenters. The molecule has 0 aromatic carbocycles. The molecule has 4 heterocycles. The first-order valence-corrected chi connectivity index (χ1v) is 13.2. The smallest absolute Gasteiger partial charge is 0.243 e. The second kappa shape index (κ2) is 11.9. The van der Waals surface area contributed by atoms with E-state index in [2.05, 4.69) is 38.3 Å². The molecule has 39 heavy (non-hydrogen) atoms. The molecule has 3 N–H and O–H groups in total. The van der Waals surface area contributed by atoms with Crippen LogP contribution in [0.5, 0.6) is 0 Å². The molecule has 3 aromatic rings. The van der Waals surface area contributed by atoms with Crippen molar-refractivity contribution in [2.24, 2.45) is 0 Å². The summed E-state index contributed by atoms with van der Waals surface area (Å²) >= 11 is 0. The summed E-state index contributed by atoms with van der Waals surface area (Å²) in [6, 6.07) is 1.68. The molecule has 4 rings (SSSR count). The molecule has 1 atom stereocenters. The number of nitrogens with zero attached hydrogens (tertiary/aromatic N) is 8. The number of piperazine rings is 1. The minimum Gasteiger partial charge on any atom is -0.380 e. The van der Waals surface area contributed by atoms with Gasteiger partial charge in [0, 0.05) is 44.8 Å². The van der Waals surface area contributed by atoms with Crippen molar-refractivity contribution in [3.05, 3.63) is 35.3 Å². The highest BCUT2D eigenvalue weighted by molar-refractivity contribution is 6.59. The average Bonchev–Trinajstić information content (AvgIpc) is 3.26. The Bertz CT molecular complexity index is 1300. The number of hydrogen-bond acceptors (Lipinski definition) is 9. The Morgan fingerprint density at radius 3 is 2.51 bits per heavy atom. The van der Waals surface area contributed by atoms with E-state index in [0.717, 1.165) is 42.1 Å². The second-order valence-electron chi connectivity index (χ2n) is 10.6. The van der Waals surface area contributed by atoms with Crippen LogP contribution >= 0.6 is 0 Å². The molecule has 11 nitrogen and oxygen atoms in total. The predicted octanol–water partition coefficient (Wildman–Crippen LogP) is 0.371. The molecule has 1 aliphatic rings. The molecule has 0 spiro atoms. The fourth-order valence-corrected chi connectivity index (χ4v) is 4.82. The monoisotopic (exact) mass is 524 g/mol. The van der Waals surface area contributed by atoms with Crippen LogP contribution in [-0.4, -0.2) is 117 Å². The first-order valence-electron chi connectivity index (χ1n) is 13.2. The van der Waals surface area contributed by atoms with Crippen LogP contribution in [0, 0.1) is 6.92 Å². The van der Waals surface area contributed by atoms with E-state index in [1.165, 1.54) is 0 Å². The molecule has 1 aliphatic heterocycles. The molecule has 0 aliphatic carbocycles. The van der Waals surface area contributed by atoms with Gasteiger partial charge in [0.2, 0.25) is 11.9 Å². The highest BCUT2D eigenvalue weighted by Crippen LogP contribution is 2.25. The van der Waals surface area contributed by atoms with Crippen molar-refractivity contribution in [1.29, 1.82) is 0 Å². The van der Waals surface area contributed by atoms with E-state index >= 15 is 0 Å². The van der Waals surface area contributed by atoms with Crippen LogP contribution in [0.3, 0.4) is 0 Å². The molecule has 14 heteroatoms. The van der Waals surface area contributed by atoms with Crippen molar-refractivity contribution in [1.82, 2.24) is 34.4 Å². The van der Waals surface area contributed by atoms with Crippen LogP contribution in [0.25, 0.3) is 5.65 Å². The largest absolute Gasteiger partial charge is 0.380 e. The van der Waals surface area contributed by atoms with Crippen LogP contribution in [0.15, 0.2) is 18.5 Å². The summed E-state index contributed by atoms with van der Waals surface area (Å²) in [6.07, 6.45) is 5.62. The van der Waals surface area contributed by atoms with Crippen LogP contribution < -0.4 is 16.0 Å². The van der Waals surface area contributed by atoms with Gasteiger partial charge in [-0.05, 0) is 38.6 Å². The normalized spacial score (nSPS) is 15.2. The summed E-state index contributed by atoms with van der Waals surface area (Å²) in [5.74, 6) is 1.60. The molecule has 0 saturated carbocycles. The van der Waals surface area contributed by atoms with Crippen molar-refractivity contribution < 1.29 is 4.79 Å². The van der Waals surface area contributed by atoms with Gasteiger partial charge >= 0.3 is 0 Å². The van der Waals surface area contributed by atoms with Crippen molar-refractivity contribution in [3.8, 4) is 0 Å². The van der Waals surface area contributed by atoms with E-state index in [9.17, 15) is 4.79 Å². The van der Waals surface area contributed by atoms with Gasteiger partial charge < -0.3 is 25.8 Å². The number of nitrogen functional groups attached to an aromatic ring is 1. The number of fused-ring (bicyclic) bond motifs is 1. The maximum atomic E-state index is 12.4. The maximum Gasteiger partial charge on any atom is 0.243 e. The van der Waals surface area contributed by atoms with E-state index < -0.39 is 11.2 Å². The quantitative estimate of drug-likeness (QED) is 0.363. The summed E-state index contributed by atoms with van der Waals surface area (Å²) in [5, 5.41) is 6.29. The van der Waals surface area contributed by atoms with E-state index in [1.807, 2.05) is 37.0 Å². The van der Waals surface area contributed by atoms with Crippen LogP contribution in [0.2, 0.25) is 5.11 Å². The number of nitrogens with one attached hydrogen (secondary N) is 1. The number of hydrogen-bond donors (Lipinski definition) is 2. The fraction of sp³-hybridized carbons (Fsp3) is 0.560. The predicted molar refractivity (Wildman–Crippen MR) is 157 cm³/mol. The lowest BCUT2D eigenvalue weighted by Crippen LogP contribution is -2.51. The van der Waals surface area contributed by atoms with Crippen molar-refractivity contribution >= 4 is 52.7 Å². The minimum absolute atomic E-state index is 0.157. The number of nitrogens with two attached hydrogens (primary N) is 1. The molecule has 1 saturated heterocycles. The van der Waals surface area contributed by atoms with Gasteiger partial charge in [0.15, 0.2) is 11.5 Å². The third-order valence-electron chi connectivity index (χ3n) is 6.82. The molecule has 1 fully saturated rings. The van der Waals surface area contributed by atoms with Crippen LogP contribution in [-0.2, 0) is 11.2 Å². The van der Waals surface area contributed by atoms with Crippen molar-refractivity contribution in [3.63, 3.8) is 0 Å². The zero-order chi connectivity index (χ0) is 28.3. The Kier molecular flexibility index (Phi) is 8.73. The standard InChI is InChI=1S/C25H35B3N10O/c1-5-6-19(25(26,27)28)32-24-33-21(29)23-31-14-18(38(23)34-24)12-17-11-16(2)22(30-13-17)37-9-7-36(8-10-37)20(39)15-35(3)4/h11,13-14,19H,5-10,12,15H2,1-4H3,(H3,29,32,33,34). The third-order valence-corrected chi connectivity index (χ3v) is 6.82. The Hall–Kier alpha value is -3.28. The number of carbonyl (C=O) groups is 1. The summed E-state index contributed by atoms with van der Waals surface area (Å²) in [5.41, 5.74) is 9.56. The van der Waals surface area contributed by atoms with Gasteiger partial charge in [0.25, 0.3) is 0 Å². The summed E-state index contributed by atoms with van der Waals surface area (Å²) in [4.78, 5) is 32.0. The first-order chi connectivity index (χ1) is 18.5. The zero-order valence-corrected chi connectivity index (χ0v) is 23.3. The van der Waals surface area contributed by atoms with Gasteiger partial charge in [-0.2, -0.15) is 4.98 Å². The zero-order valence-electron chi connectivity index (χ0n) is 23.3. The van der Waals surface area contributed by atoms with Gasteiger partial charge in [-0.15, -0.1) is 10.2 Å². The highest BCUT2D eigenvalue weighted by Gasteiger charge is 2.25. The number of aryl methyl sites for hydroxylation is 1. The lowest BCUT2D eigenvalue weighted by Gasteiger charge is -2.36. The number of aromatic nitrogens is 5. The van der Waals surface area contributed by atoms with Gasteiger partial charge in [-0.3, -0.25) is 4.79 Å². The third kappa shape index (κ3) is 6.84. The summed E-state index contributed by atoms with van der Waals surface area (Å²) < 4.78 is 1.67. The van der Waals surface area contributed by atoms with Crippen molar-refractivity contribution in [2.75, 3.05) is 62.8 Å². The number of pyridine rings is 1. The van der Waals surface area contributed by atoms with Gasteiger partial charge in [0.1, 0.15) is 5.82 Å². The Morgan fingerprint density at radius 2 is 1.90 bits per heavy atom. The maximum absolute atomic E-state index is 12.4. The molecule has 1 amide bonds. The molecule has 3 aromatic heterocycles. The Labute approximate surface area is 234 Å². The van der Waals surface area contributed by atoms with Gasteiger partial charge in [-0.1, -0.05) is 19.4 Å². The molecule has 0 bridgehead atoms. The summed E-state index contributed by atoms with van der Waals surface area (Å²) in [6.45, 7) is 7.37. The minimum atomic E-state index is -1.44. The van der Waals surface area contributed by atoms with Crippen LogP contribution in [0.4, 0.5) is 17.6 Å². The highest BCUT2D eigenvalue weighted by atomic mass is 16.2. The lowest BCUT2D eigenvalue weighted by atomic mass is 9.39. The Morgan fingerprint density at radius 1 is 1.18 bits per heavy atom. The van der Waals surface area contributed by atoms with Gasteiger partial charge in [0.05, 0.1) is 42.0 Å². The van der Waals surface area contributed by atoms with E-state index in [-0.39, 0.29) is 17.7 Å². The number of likely N-dealkylation sites (N-methyl/N-ethyl adjacent to an activating group) is 1. The molecule has 6 radical (unpaired) electrons. The van der Waals surface area contributed by atoms with E-state index in [1.54, 1.807) is 10.7 Å². The first kappa shape index (κ1) is 28.7. The SMILES string of the molecule is [B]C([B])([B])C(CCC)Nc1nc(N)c2ncc(Cc3cnc(N4CCN(C(=O)CN(C)C)CC4)c(C)c3)n2n1.